The van der Waals surface area contributed by atoms with Crippen molar-refractivity contribution >= 4 is 32.0 Å². The number of hydrogen-bond acceptors (Lipinski definition) is 3. The second kappa shape index (κ2) is 4.15. The summed E-state index contributed by atoms with van der Waals surface area (Å²) in [4.78, 5) is 11.0. The molecule has 1 N–H and O–H groups in total. The van der Waals surface area contributed by atoms with Gasteiger partial charge in [-0.1, -0.05) is 28.1 Å². The number of benzene rings is 1. The van der Waals surface area contributed by atoms with Gasteiger partial charge in [0.25, 0.3) is 0 Å². The number of nitrogens with zero attached hydrogens (tertiary/aromatic N) is 1. The number of carbonyl (C=O) groups excluding carboxylic acids is 1. The molecule has 0 spiro atoms. The monoisotopic (exact) mass is 304 g/mol. The highest BCUT2D eigenvalue weighted by Gasteiger charge is 2.33. The van der Waals surface area contributed by atoms with Crippen LogP contribution >= 0.6 is 15.9 Å². The molecule has 1 aliphatic rings. The topological polar surface area (TPSA) is 66.5 Å². The van der Waals surface area contributed by atoms with E-state index in [1.54, 1.807) is 0 Å². The van der Waals surface area contributed by atoms with E-state index in [-0.39, 0.29) is 13.1 Å². The maximum absolute atomic E-state index is 11.4. The number of nitrogens with one attached hydrogen (secondary N) is 1. The molecule has 1 aromatic rings. The predicted octanol–water partition coefficient (Wildman–Crippen LogP) is 0.626. The fraction of sp³-hybridized carbons (Fsp3) is 0.222. The highest BCUT2D eigenvalue weighted by molar-refractivity contribution is 9.10. The molecule has 1 amide bonds. The van der Waals surface area contributed by atoms with E-state index in [1.807, 2.05) is 29.0 Å². The summed E-state index contributed by atoms with van der Waals surface area (Å²) in [6, 6.07) is 7.30. The van der Waals surface area contributed by atoms with Crippen molar-refractivity contribution in [3.05, 3.63) is 34.3 Å². The van der Waals surface area contributed by atoms with E-state index in [2.05, 4.69) is 15.9 Å². The predicted molar refractivity (Wildman–Crippen MR) is 61.6 cm³/mol. The first kappa shape index (κ1) is 11.6. The van der Waals surface area contributed by atoms with Gasteiger partial charge in [-0.05, 0) is 17.7 Å². The van der Waals surface area contributed by atoms with Gasteiger partial charge in [-0.3, -0.25) is 4.79 Å². The molecule has 0 atom stereocenters. The van der Waals surface area contributed by atoms with Crippen LogP contribution in [0.4, 0.5) is 0 Å². The summed E-state index contributed by atoms with van der Waals surface area (Å²) in [5, 5.41) is 0. The molecule has 0 aliphatic carbocycles. The lowest BCUT2D eigenvalue weighted by atomic mass is 10.2. The van der Waals surface area contributed by atoms with Gasteiger partial charge in [-0.15, -0.1) is 0 Å². The molecule has 1 aromatic carbocycles. The minimum Gasteiger partial charge on any atom is -0.272 e. The molecule has 0 radical (unpaired) electrons. The Morgan fingerprint density at radius 3 is 2.75 bits per heavy atom. The number of halogens is 1. The lowest BCUT2D eigenvalue weighted by molar-refractivity contribution is -0.118. The average molecular weight is 305 g/mol. The van der Waals surface area contributed by atoms with Gasteiger partial charge in [0.2, 0.25) is 5.91 Å². The normalized spacial score (nSPS) is 19.7. The summed E-state index contributed by atoms with van der Waals surface area (Å²) in [5.41, 5.74) is 0.828. The third-order valence-electron chi connectivity index (χ3n) is 2.15. The van der Waals surface area contributed by atoms with Crippen molar-refractivity contribution in [3.8, 4) is 0 Å². The lowest BCUT2D eigenvalue weighted by Crippen LogP contribution is -2.29. The molecule has 0 bridgehead atoms. The maximum Gasteiger partial charge on any atom is 0.304 e. The summed E-state index contributed by atoms with van der Waals surface area (Å²) < 4.78 is 26.8. The summed E-state index contributed by atoms with van der Waals surface area (Å²) >= 11 is 3.30. The number of rotatable bonds is 2. The van der Waals surface area contributed by atoms with E-state index in [9.17, 15) is 13.2 Å². The Bertz CT molecular complexity index is 529. The van der Waals surface area contributed by atoms with E-state index in [0.717, 1.165) is 14.3 Å². The Kier molecular flexibility index (Phi) is 3.00. The second-order valence-corrected chi connectivity index (χ2v) is 6.01. The first-order valence-corrected chi connectivity index (χ1v) is 6.76. The summed E-state index contributed by atoms with van der Waals surface area (Å²) in [6.07, 6.45) is 0. The number of hydrogen-bond donors (Lipinski definition) is 1. The van der Waals surface area contributed by atoms with Crippen molar-refractivity contribution in [2.24, 2.45) is 0 Å². The van der Waals surface area contributed by atoms with Crippen LogP contribution in [0.3, 0.4) is 0 Å². The molecule has 0 saturated carbocycles. The maximum atomic E-state index is 11.4. The molecule has 1 aliphatic heterocycles. The number of amides is 1. The first-order chi connectivity index (χ1) is 7.47. The van der Waals surface area contributed by atoms with Crippen LogP contribution in [0, 0.1) is 0 Å². The molecular weight excluding hydrogens is 296 g/mol. The minimum absolute atomic E-state index is 0.116. The van der Waals surface area contributed by atoms with Crippen molar-refractivity contribution in [2.45, 2.75) is 6.54 Å². The van der Waals surface area contributed by atoms with Crippen molar-refractivity contribution < 1.29 is 13.2 Å². The Hall–Kier alpha value is -0.920. The van der Waals surface area contributed by atoms with Gasteiger partial charge in [0, 0.05) is 11.0 Å². The molecule has 1 saturated heterocycles. The molecule has 0 unspecified atom stereocenters. The van der Waals surface area contributed by atoms with Crippen molar-refractivity contribution in [1.29, 1.82) is 0 Å². The third-order valence-corrected chi connectivity index (χ3v) is 4.07. The molecule has 16 heavy (non-hydrogen) atoms. The molecule has 1 heterocycles. The van der Waals surface area contributed by atoms with Crippen LogP contribution in [0.25, 0.3) is 0 Å². The Morgan fingerprint density at radius 1 is 1.44 bits per heavy atom. The zero-order valence-corrected chi connectivity index (χ0v) is 10.6. The van der Waals surface area contributed by atoms with Crippen molar-refractivity contribution in [3.63, 3.8) is 0 Å². The van der Waals surface area contributed by atoms with Gasteiger partial charge in [-0.2, -0.15) is 12.7 Å². The highest BCUT2D eigenvalue weighted by Crippen LogP contribution is 2.16. The standard InChI is InChI=1S/C9H9BrN2O3S/c10-8-3-1-2-7(4-8)5-12-6-9(13)11-16(12,14)15/h1-4H,5-6H2,(H,11,13). The summed E-state index contributed by atoms with van der Waals surface area (Å²) in [6.45, 7) is 0.0787. The quantitative estimate of drug-likeness (QED) is 0.871. The molecule has 5 nitrogen and oxygen atoms in total. The van der Waals surface area contributed by atoms with Gasteiger partial charge in [0.05, 0.1) is 6.54 Å². The molecule has 2 rings (SSSR count). The molecule has 0 aromatic heterocycles. The fourth-order valence-corrected chi connectivity index (χ4v) is 3.00. The number of carbonyl (C=O) groups is 1. The van der Waals surface area contributed by atoms with Crippen LogP contribution in [-0.2, 0) is 21.5 Å². The molecular formula is C9H9BrN2O3S. The molecule has 7 heteroatoms. The van der Waals surface area contributed by atoms with E-state index in [0.29, 0.717) is 0 Å². The van der Waals surface area contributed by atoms with Gasteiger partial charge >= 0.3 is 10.2 Å². The van der Waals surface area contributed by atoms with Crippen LogP contribution < -0.4 is 4.72 Å². The average Bonchev–Trinajstić information content (AvgIpc) is 2.39. The van der Waals surface area contributed by atoms with Gasteiger partial charge in [0.1, 0.15) is 0 Å². The summed E-state index contributed by atoms with van der Waals surface area (Å²) in [7, 11) is -3.63. The first-order valence-electron chi connectivity index (χ1n) is 4.52. The van der Waals surface area contributed by atoms with Crippen LogP contribution in [0.5, 0.6) is 0 Å². The second-order valence-electron chi connectivity index (χ2n) is 3.43. The van der Waals surface area contributed by atoms with E-state index >= 15 is 0 Å². The Morgan fingerprint density at radius 2 is 2.19 bits per heavy atom. The third kappa shape index (κ3) is 2.42. The summed E-state index contributed by atoms with van der Waals surface area (Å²) in [5.74, 6) is -0.491. The minimum atomic E-state index is -3.63. The van der Waals surface area contributed by atoms with Crippen LogP contribution in [-0.4, -0.2) is 25.2 Å². The SMILES string of the molecule is O=C1CN(Cc2cccc(Br)c2)S(=O)(=O)N1. The van der Waals surface area contributed by atoms with Gasteiger partial charge in [-0.25, -0.2) is 4.72 Å². The van der Waals surface area contributed by atoms with E-state index < -0.39 is 16.1 Å². The van der Waals surface area contributed by atoms with E-state index in [1.165, 1.54) is 0 Å². The Balaban J connectivity index is 2.20. The smallest absolute Gasteiger partial charge is 0.272 e. The van der Waals surface area contributed by atoms with Crippen molar-refractivity contribution in [2.75, 3.05) is 6.54 Å². The fourth-order valence-electron chi connectivity index (χ4n) is 1.47. The van der Waals surface area contributed by atoms with Crippen LogP contribution in [0.1, 0.15) is 5.56 Å². The van der Waals surface area contributed by atoms with Gasteiger partial charge in [0.15, 0.2) is 0 Å². The zero-order valence-electron chi connectivity index (χ0n) is 8.18. The van der Waals surface area contributed by atoms with Gasteiger partial charge < -0.3 is 0 Å². The van der Waals surface area contributed by atoms with Crippen LogP contribution in [0.2, 0.25) is 0 Å². The van der Waals surface area contributed by atoms with E-state index in [4.69, 9.17) is 0 Å². The lowest BCUT2D eigenvalue weighted by Gasteiger charge is -2.11. The zero-order chi connectivity index (χ0) is 11.8. The van der Waals surface area contributed by atoms with Crippen LogP contribution in [0.15, 0.2) is 28.7 Å². The Labute approximate surface area is 102 Å². The molecule has 86 valence electrons. The molecule has 1 fully saturated rings. The largest absolute Gasteiger partial charge is 0.304 e. The van der Waals surface area contributed by atoms with Crippen molar-refractivity contribution in [1.82, 2.24) is 9.03 Å². The highest BCUT2D eigenvalue weighted by atomic mass is 79.9.